The normalized spacial score (nSPS) is 16.8. The average Bonchev–Trinajstić information content (AvgIpc) is 3.09. The molecule has 18 heavy (non-hydrogen) atoms. The second-order valence-electron chi connectivity index (χ2n) is 4.53. The number of hydrogen-bond donors (Lipinski definition) is 1. The SMILES string of the molecule is OC(c1ccc(Cl)c(Cl)c1)c1cncn1C1CC1. The number of rotatable bonds is 3. The molecule has 0 aliphatic heterocycles. The first kappa shape index (κ1) is 12.0. The molecule has 3 rings (SSSR count). The molecule has 0 bridgehead atoms. The molecular formula is C13H12Cl2N2O. The first-order valence-corrected chi connectivity index (χ1v) is 6.57. The lowest BCUT2D eigenvalue weighted by Gasteiger charge is -2.14. The summed E-state index contributed by atoms with van der Waals surface area (Å²) in [5.74, 6) is 0. The zero-order valence-corrected chi connectivity index (χ0v) is 11.1. The van der Waals surface area contributed by atoms with Gasteiger partial charge in [-0.2, -0.15) is 0 Å². The van der Waals surface area contributed by atoms with Crippen molar-refractivity contribution in [3.05, 3.63) is 52.0 Å². The van der Waals surface area contributed by atoms with Crippen LogP contribution in [0, 0.1) is 0 Å². The predicted octanol–water partition coefficient (Wildman–Crippen LogP) is 3.61. The molecule has 1 fully saturated rings. The van der Waals surface area contributed by atoms with Crippen LogP contribution in [0.25, 0.3) is 0 Å². The quantitative estimate of drug-likeness (QED) is 0.934. The van der Waals surface area contributed by atoms with Gasteiger partial charge in [-0.25, -0.2) is 4.98 Å². The molecule has 0 spiro atoms. The maximum atomic E-state index is 10.4. The summed E-state index contributed by atoms with van der Waals surface area (Å²) in [7, 11) is 0. The van der Waals surface area contributed by atoms with Gasteiger partial charge >= 0.3 is 0 Å². The van der Waals surface area contributed by atoms with Gasteiger partial charge in [0, 0.05) is 6.04 Å². The van der Waals surface area contributed by atoms with Crippen LogP contribution in [0.2, 0.25) is 10.0 Å². The molecule has 1 aliphatic rings. The topological polar surface area (TPSA) is 38.1 Å². The molecule has 0 amide bonds. The fraction of sp³-hybridized carbons (Fsp3) is 0.308. The van der Waals surface area contributed by atoms with Gasteiger partial charge in [0.25, 0.3) is 0 Å². The Kier molecular flexibility index (Phi) is 3.06. The van der Waals surface area contributed by atoms with E-state index >= 15 is 0 Å². The van der Waals surface area contributed by atoms with E-state index < -0.39 is 6.10 Å². The van der Waals surface area contributed by atoms with Crippen LogP contribution in [-0.2, 0) is 0 Å². The Balaban J connectivity index is 1.95. The molecule has 2 aromatic rings. The van der Waals surface area contributed by atoms with Crippen molar-refractivity contribution in [1.29, 1.82) is 0 Å². The number of benzene rings is 1. The van der Waals surface area contributed by atoms with Crippen LogP contribution in [0.15, 0.2) is 30.7 Å². The van der Waals surface area contributed by atoms with Crippen molar-refractivity contribution in [2.24, 2.45) is 0 Å². The molecule has 1 heterocycles. The molecule has 1 aromatic heterocycles. The lowest BCUT2D eigenvalue weighted by atomic mass is 10.1. The summed E-state index contributed by atoms with van der Waals surface area (Å²) in [4.78, 5) is 4.11. The Labute approximate surface area is 115 Å². The van der Waals surface area contributed by atoms with Gasteiger partial charge in [-0.1, -0.05) is 29.3 Å². The van der Waals surface area contributed by atoms with Crippen molar-refractivity contribution in [3.63, 3.8) is 0 Å². The summed E-state index contributed by atoms with van der Waals surface area (Å²) in [5, 5.41) is 11.3. The molecule has 1 saturated carbocycles. The fourth-order valence-corrected chi connectivity index (χ4v) is 2.34. The van der Waals surface area contributed by atoms with E-state index in [1.807, 2.05) is 4.57 Å². The third kappa shape index (κ3) is 2.14. The predicted molar refractivity (Wildman–Crippen MR) is 71.0 cm³/mol. The van der Waals surface area contributed by atoms with E-state index in [-0.39, 0.29) is 0 Å². The molecule has 0 radical (unpaired) electrons. The number of aliphatic hydroxyl groups excluding tert-OH is 1. The highest BCUT2D eigenvalue weighted by molar-refractivity contribution is 6.42. The van der Waals surface area contributed by atoms with E-state index in [2.05, 4.69) is 4.98 Å². The van der Waals surface area contributed by atoms with Gasteiger partial charge < -0.3 is 9.67 Å². The molecule has 1 atom stereocenters. The van der Waals surface area contributed by atoms with E-state index in [9.17, 15) is 5.11 Å². The summed E-state index contributed by atoms with van der Waals surface area (Å²) >= 11 is 11.8. The number of nitrogens with zero attached hydrogens (tertiary/aromatic N) is 2. The van der Waals surface area contributed by atoms with Gasteiger partial charge in [-0.15, -0.1) is 0 Å². The second kappa shape index (κ2) is 4.57. The van der Waals surface area contributed by atoms with Crippen molar-refractivity contribution < 1.29 is 5.11 Å². The molecule has 1 aromatic carbocycles. The van der Waals surface area contributed by atoms with Crippen molar-refractivity contribution >= 4 is 23.2 Å². The van der Waals surface area contributed by atoms with Crippen LogP contribution in [0.5, 0.6) is 0 Å². The zero-order valence-electron chi connectivity index (χ0n) is 9.55. The lowest BCUT2D eigenvalue weighted by Crippen LogP contribution is -2.07. The Morgan fingerprint density at radius 1 is 1.28 bits per heavy atom. The van der Waals surface area contributed by atoms with Gasteiger partial charge in [0.15, 0.2) is 0 Å². The molecule has 94 valence electrons. The van der Waals surface area contributed by atoms with Gasteiger partial charge in [-0.05, 0) is 30.5 Å². The van der Waals surface area contributed by atoms with Gasteiger partial charge in [0.2, 0.25) is 0 Å². The van der Waals surface area contributed by atoms with Crippen LogP contribution >= 0.6 is 23.2 Å². The summed E-state index contributed by atoms with van der Waals surface area (Å²) in [5.41, 5.74) is 1.53. The highest BCUT2D eigenvalue weighted by atomic mass is 35.5. The van der Waals surface area contributed by atoms with Gasteiger partial charge in [0.05, 0.1) is 28.3 Å². The second-order valence-corrected chi connectivity index (χ2v) is 5.35. The summed E-state index contributed by atoms with van der Waals surface area (Å²) in [6, 6.07) is 5.65. The molecule has 5 heteroatoms. The minimum atomic E-state index is -0.720. The molecule has 3 nitrogen and oxygen atoms in total. The Bertz CT molecular complexity index is 578. The van der Waals surface area contributed by atoms with Crippen molar-refractivity contribution in [1.82, 2.24) is 9.55 Å². The largest absolute Gasteiger partial charge is 0.382 e. The van der Waals surface area contributed by atoms with Crippen molar-refractivity contribution in [2.75, 3.05) is 0 Å². The minimum absolute atomic E-state index is 0.450. The van der Waals surface area contributed by atoms with Crippen LogP contribution in [0.1, 0.15) is 36.2 Å². The van der Waals surface area contributed by atoms with Crippen molar-refractivity contribution in [3.8, 4) is 0 Å². The van der Waals surface area contributed by atoms with Gasteiger partial charge in [-0.3, -0.25) is 0 Å². The zero-order chi connectivity index (χ0) is 12.7. The third-order valence-electron chi connectivity index (χ3n) is 3.18. The van der Waals surface area contributed by atoms with E-state index in [0.717, 1.165) is 24.1 Å². The number of halogens is 2. The maximum absolute atomic E-state index is 10.4. The molecule has 1 aliphatic carbocycles. The van der Waals surface area contributed by atoms with E-state index in [1.165, 1.54) is 0 Å². The van der Waals surface area contributed by atoms with Crippen LogP contribution in [-0.4, -0.2) is 14.7 Å². The smallest absolute Gasteiger partial charge is 0.121 e. The first-order valence-electron chi connectivity index (χ1n) is 5.81. The molecule has 1 unspecified atom stereocenters. The van der Waals surface area contributed by atoms with E-state index in [0.29, 0.717) is 16.1 Å². The molecular weight excluding hydrogens is 271 g/mol. The average molecular weight is 283 g/mol. The molecule has 1 N–H and O–H groups in total. The summed E-state index contributed by atoms with van der Waals surface area (Å²) in [6.45, 7) is 0. The minimum Gasteiger partial charge on any atom is -0.382 e. The highest BCUT2D eigenvalue weighted by Gasteiger charge is 2.27. The standard InChI is InChI=1S/C13H12Cl2N2O/c14-10-4-1-8(5-11(10)15)13(18)12-6-16-7-17(12)9-2-3-9/h1,4-7,9,13,18H,2-3H2. The fourth-order valence-electron chi connectivity index (χ4n) is 2.04. The Morgan fingerprint density at radius 2 is 2.06 bits per heavy atom. The monoisotopic (exact) mass is 282 g/mol. The first-order chi connectivity index (χ1) is 8.66. The molecule has 0 saturated heterocycles. The third-order valence-corrected chi connectivity index (χ3v) is 3.91. The Hall–Kier alpha value is -1.03. The lowest BCUT2D eigenvalue weighted by molar-refractivity contribution is 0.210. The number of hydrogen-bond acceptors (Lipinski definition) is 2. The summed E-state index contributed by atoms with van der Waals surface area (Å²) < 4.78 is 2.03. The Morgan fingerprint density at radius 3 is 2.72 bits per heavy atom. The maximum Gasteiger partial charge on any atom is 0.121 e. The number of imidazole rings is 1. The number of aromatic nitrogens is 2. The van der Waals surface area contributed by atoms with Crippen molar-refractivity contribution in [2.45, 2.75) is 25.0 Å². The summed E-state index contributed by atoms with van der Waals surface area (Å²) in [6.07, 6.45) is 5.05. The van der Waals surface area contributed by atoms with Crippen LogP contribution in [0.3, 0.4) is 0 Å². The van der Waals surface area contributed by atoms with Crippen LogP contribution < -0.4 is 0 Å². The van der Waals surface area contributed by atoms with E-state index in [4.69, 9.17) is 23.2 Å². The number of aliphatic hydroxyl groups is 1. The van der Waals surface area contributed by atoms with E-state index in [1.54, 1.807) is 30.7 Å². The van der Waals surface area contributed by atoms with Crippen LogP contribution in [0.4, 0.5) is 0 Å². The van der Waals surface area contributed by atoms with Gasteiger partial charge in [0.1, 0.15) is 6.10 Å². The highest BCUT2D eigenvalue weighted by Crippen LogP contribution is 2.38.